The van der Waals surface area contributed by atoms with Crippen molar-refractivity contribution in [3.8, 4) is 0 Å². The summed E-state index contributed by atoms with van der Waals surface area (Å²) in [6.07, 6.45) is -2.92. The summed E-state index contributed by atoms with van der Waals surface area (Å²) in [5, 5.41) is 17.5. The average molecular weight is 214 g/mol. The van der Waals surface area contributed by atoms with E-state index in [9.17, 15) is 8.78 Å². The number of hydrogen-bond donors (Lipinski definition) is 2. The number of rotatable bonds is 9. The highest BCUT2D eigenvalue weighted by Gasteiger charge is 2.07. The van der Waals surface area contributed by atoms with Gasteiger partial charge in [0.15, 0.2) is 0 Å². The van der Waals surface area contributed by atoms with Gasteiger partial charge in [-0.15, -0.1) is 0 Å². The van der Waals surface area contributed by atoms with Crippen LogP contribution in [-0.4, -0.2) is 55.8 Å². The van der Waals surface area contributed by atoms with Crippen molar-refractivity contribution in [3.05, 3.63) is 0 Å². The van der Waals surface area contributed by atoms with Crippen molar-refractivity contribution >= 4 is 0 Å². The third-order valence-corrected chi connectivity index (χ3v) is 1.31. The van der Waals surface area contributed by atoms with Gasteiger partial charge < -0.3 is 19.7 Å². The van der Waals surface area contributed by atoms with Gasteiger partial charge in [-0.3, -0.25) is 0 Å². The van der Waals surface area contributed by atoms with E-state index in [4.69, 9.17) is 14.9 Å². The van der Waals surface area contributed by atoms with E-state index in [2.05, 4.69) is 4.74 Å². The third-order valence-electron chi connectivity index (χ3n) is 1.31. The molecule has 0 amide bonds. The molecular weight excluding hydrogens is 198 g/mol. The second kappa shape index (κ2) is 9.26. The van der Waals surface area contributed by atoms with Gasteiger partial charge >= 0.3 is 0 Å². The van der Waals surface area contributed by atoms with Gasteiger partial charge in [0.05, 0.1) is 13.2 Å². The summed E-state index contributed by atoms with van der Waals surface area (Å²) in [5.41, 5.74) is 0. The maximum Gasteiger partial charge on any atom is 0.261 e. The molecule has 1 atom stereocenters. The molecule has 1 unspecified atom stereocenters. The highest BCUT2D eigenvalue weighted by molar-refractivity contribution is 4.51. The molecule has 0 aliphatic heterocycles. The Balaban J connectivity index is 3.15. The molecular formula is C8H16F2O4. The van der Waals surface area contributed by atoms with Crippen molar-refractivity contribution in [1.29, 1.82) is 0 Å². The second-order valence-electron chi connectivity index (χ2n) is 2.73. The van der Waals surface area contributed by atoms with Crippen LogP contribution >= 0.6 is 0 Å². The molecule has 0 rings (SSSR count). The molecule has 0 aromatic carbocycles. The molecule has 0 spiro atoms. The lowest BCUT2D eigenvalue weighted by molar-refractivity contribution is -0.0473. The minimum absolute atomic E-state index is 0.0258. The molecule has 0 radical (unpaired) electrons. The lowest BCUT2D eigenvalue weighted by Crippen LogP contribution is -2.23. The standard InChI is InChI=1S/C8H16F2O4/c9-8(10)6-14-5-7(12)4-13-3-1-2-11/h7-8,11-12H,1-6H2. The summed E-state index contributed by atoms with van der Waals surface area (Å²) in [5.74, 6) is 0. The number of halogens is 2. The number of hydrogen-bond acceptors (Lipinski definition) is 4. The molecule has 0 aliphatic carbocycles. The Labute approximate surface area is 81.4 Å². The molecule has 86 valence electrons. The molecule has 0 aromatic rings. The van der Waals surface area contributed by atoms with Crippen LogP contribution in [-0.2, 0) is 9.47 Å². The maximum absolute atomic E-state index is 11.6. The Bertz CT molecular complexity index is 124. The van der Waals surface area contributed by atoms with Gasteiger partial charge in [-0.2, -0.15) is 0 Å². The molecule has 0 saturated carbocycles. The molecule has 0 fully saturated rings. The SMILES string of the molecule is OCCCOCC(O)COCC(F)F. The maximum atomic E-state index is 11.6. The van der Waals surface area contributed by atoms with Crippen molar-refractivity contribution in [2.75, 3.05) is 33.0 Å². The molecule has 0 aliphatic rings. The Hall–Kier alpha value is -0.300. The van der Waals surface area contributed by atoms with Crippen LogP contribution in [0.25, 0.3) is 0 Å². The van der Waals surface area contributed by atoms with Crippen molar-refractivity contribution in [3.63, 3.8) is 0 Å². The van der Waals surface area contributed by atoms with Gasteiger partial charge in [-0.05, 0) is 6.42 Å². The zero-order valence-electron chi connectivity index (χ0n) is 7.86. The summed E-state index contributed by atoms with van der Waals surface area (Å²) < 4.78 is 32.5. The molecule has 2 N–H and O–H groups in total. The summed E-state index contributed by atoms with van der Waals surface area (Å²) in [4.78, 5) is 0. The van der Waals surface area contributed by atoms with Gasteiger partial charge in [-0.1, -0.05) is 0 Å². The van der Waals surface area contributed by atoms with E-state index in [1.54, 1.807) is 0 Å². The van der Waals surface area contributed by atoms with E-state index >= 15 is 0 Å². The molecule has 14 heavy (non-hydrogen) atoms. The van der Waals surface area contributed by atoms with Crippen molar-refractivity contribution in [2.24, 2.45) is 0 Å². The van der Waals surface area contributed by atoms with Crippen LogP contribution in [0.1, 0.15) is 6.42 Å². The molecule has 0 bridgehead atoms. The monoisotopic (exact) mass is 214 g/mol. The van der Waals surface area contributed by atoms with Crippen LogP contribution in [0.3, 0.4) is 0 Å². The van der Waals surface area contributed by atoms with Crippen molar-refractivity contribution < 1.29 is 28.5 Å². The molecule has 6 heteroatoms. The van der Waals surface area contributed by atoms with Crippen LogP contribution in [0.5, 0.6) is 0 Å². The zero-order valence-corrected chi connectivity index (χ0v) is 7.86. The fourth-order valence-electron chi connectivity index (χ4n) is 0.727. The highest BCUT2D eigenvalue weighted by atomic mass is 19.3. The van der Waals surface area contributed by atoms with E-state index in [1.165, 1.54) is 0 Å². The van der Waals surface area contributed by atoms with E-state index in [0.29, 0.717) is 13.0 Å². The Kier molecular flexibility index (Phi) is 9.06. The fourth-order valence-corrected chi connectivity index (χ4v) is 0.727. The summed E-state index contributed by atoms with van der Waals surface area (Å²) >= 11 is 0. The van der Waals surface area contributed by atoms with Crippen LogP contribution < -0.4 is 0 Å². The Morgan fingerprint density at radius 1 is 1.07 bits per heavy atom. The number of alkyl halides is 2. The first-order valence-corrected chi connectivity index (χ1v) is 4.39. The Morgan fingerprint density at radius 2 is 1.71 bits per heavy atom. The van der Waals surface area contributed by atoms with Crippen LogP contribution in [0.15, 0.2) is 0 Å². The van der Waals surface area contributed by atoms with Crippen LogP contribution in [0.4, 0.5) is 8.78 Å². The van der Waals surface area contributed by atoms with Gasteiger partial charge in [0.2, 0.25) is 0 Å². The Morgan fingerprint density at radius 3 is 2.29 bits per heavy atom. The van der Waals surface area contributed by atoms with E-state index in [1.807, 2.05) is 0 Å². The van der Waals surface area contributed by atoms with E-state index < -0.39 is 19.1 Å². The lowest BCUT2D eigenvalue weighted by Gasteiger charge is -2.11. The average Bonchev–Trinajstić information content (AvgIpc) is 2.12. The first-order valence-electron chi connectivity index (χ1n) is 4.39. The molecule has 0 saturated heterocycles. The molecule has 4 nitrogen and oxygen atoms in total. The first kappa shape index (κ1) is 13.7. The summed E-state index contributed by atoms with van der Waals surface area (Å²) in [6, 6.07) is 0. The van der Waals surface area contributed by atoms with Gasteiger partial charge in [0.25, 0.3) is 6.43 Å². The topological polar surface area (TPSA) is 58.9 Å². The second-order valence-corrected chi connectivity index (χ2v) is 2.73. The first-order chi connectivity index (χ1) is 6.66. The predicted octanol–water partition coefficient (Wildman–Crippen LogP) is 0.0280. The number of aliphatic hydroxyl groups is 2. The minimum atomic E-state index is -2.52. The zero-order chi connectivity index (χ0) is 10.8. The van der Waals surface area contributed by atoms with Crippen molar-refractivity contribution in [1.82, 2.24) is 0 Å². The molecule has 0 aromatic heterocycles. The summed E-state index contributed by atoms with van der Waals surface area (Å²) in [6.45, 7) is -0.444. The van der Waals surface area contributed by atoms with Gasteiger partial charge in [-0.25, -0.2) is 8.78 Å². The lowest BCUT2D eigenvalue weighted by atomic mass is 10.4. The van der Waals surface area contributed by atoms with E-state index in [-0.39, 0.29) is 19.8 Å². The highest BCUT2D eigenvalue weighted by Crippen LogP contribution is 1.95. The van der Waals surface area contributed by atoms with Gasteiger partial charge in [0.1, 0.15) is 12.7 Å². The summed E-state index contributed by atoms with van der Waals surface area (Å²) in [7, 11) is 0. The minimum Gasteiger partial charge on any atom is -0.396 e. The smallest absolute Gasteiger partial charge is 0.261 e. The molecule has 0 heterocycles. The third kappa shape index (κ3) is 9.79. The predicted molar refractivity (Wildman–Crippen MR) is 45.4 cm³/mol. The van der Waals surface area contributed by atoms with E-state index in [0.717, 1.165) is 0 Å². The fraction of sp³-hybridized carbons (Fsp3) is 1.00. The number of ether oxygens (including phenoxy) is 2. The normalized spacial score (nSPS) is 13.5. The quantitative estimate of drug-likeness (QED) is 0.531. The van der Waals surface area contributed by atoms with Crippen LogP contribution in [0, 0.1) is 0 Å². The number of aliphatic hydroxyl groups excluding tert-OH is 2. The van der Waals surface area contributed by atoms with Gasteiger partial charge in [0, 0.05) is 13.2 Å². The van der Waals surface area contributed by atoms with Crippen LogP contribution in [0.2, 0.25) is 0 Å². The van der Waals surface area contributed by atoms with Crippen molar-refractivity contribution in [2.45, 2.75) is 19.0 Å². The largest absolute Gasteiger partial charge is 0.396 e.